The number of hydrogen-bond donors (Lipinski definition) is 3. The Bertz CT molecular complexity index is 2460. The predicted molar refractivity (Wildman–Crippen MR) is 227 cm³/mol. The van der Waals surface area contributed by atoms with Crippen LogP contribution in [-0.2, 0) is 23.9 Å². The Morgan fingerprint density at radius 2 is 1.56 bits per heavy atom. The zero-order chi connectivity index (χ0) is 42.5. The summed E-state index contributed by atoms with van der Waals surface area (Å²) < 4.78 is 22.3. The molecule has 8 rings (SSSR count). The van der Waals surface area contributed by atoms with Crippen molar-refractivity contribution in [2.75, 3.05) is 83.6 Å². The molecule has 1 unspecified atom stereocenters. The van der Waals surface area contributed by atoms with Gasteiger partial charge in [0.2, 0.25) is 17.7 Å². The minimum atomic E-state index is -1.03. The van der Waals surface area contributed by atoms with E-state index in [1.54, 1.807) is 32.4 Å². The first kappa shape index (κ1) is 41.0. The molecule has 3 N–H and O–H groups in total. The van der Waals surface area contributed by atoms with Crippen molar-refractivity contribution in [3.63, 3.8) is 0 Å². The van der Waals surface area contributed by atoms with Crippen LogP contribution >= 0.6 is 0 Å². The number of amides is 5. The fourth-order valence-electron chi connectivity index (χ4n) is 8.04. The Morgan fingerprint density at radius 1 is 0.803 bits per heavy atom. The largest absolute Gasteiger partial charge is 0.493 e. The summed E-state index contributed by atoms with van der Waals surface area (Å²) in [5.41, 5.74) is 6.86. The van der Waals surface area contributed by atoms with E-state index in [-0.39, 0.29) is 42.9 Å². The normalized spacial score (nSPS) is 16.6. The van der Waals surface area contributed by atoms with Crippen LogP contribution in [0.3, 0.4) is 0 Å². The molecule has 3 aliphatic rings. The van der Waals surface area contributed by atoms with E-state index < -0.39 is 29.7 Å². The first-order chi connectivity index (χ1) is 29.7. The van der Waals surface area contributed by atoms with Gasteiger partial charge in [0, 0.05) is 79.4 Å². The van der Waals surface area contributed by atoms with Crippen LogP contribution in [0.4, 0.5) is 11.4 Å². The molecule has 1 atom stereocenters. The van der Waals surface area contributed by atoms with Crippen molar-refractivity contribution >= 4 is 51.9 Å². The highest BCUT2D eigenvalue weighted by Crippen LogP contribution is 2.37. The Hall–Kier alpha value is -6.78. The van der Waals surface area contributed by atoms with Crippen molar-refractivity contribution in [2.45, 2.75) is 25.3 Å². The lowest BCUT2D eigenvalue weighted by molar-refractivity contribution is -0.136. The first-order valence-electron chi connectivity index (χ1n) is 20.3. The van der Waals surface area contributed by atoms with Gasteiger partial charge in [0.1, 0.15) is 11.7 Å². The zero-order valence-electron chi connectivity index (χ0n) is 34.0. The molecule has 5 amide bonds. The van der Waals surface area contributed by atoms with Crippen LogP contribution in [0.15, 0.2) is 79.1 Å². The second kappa shape index (κ2) is 18.2. The first-order valence-corrected chi connectivity index (χ1v) is 20.3. The van der Waals surface area contributed by atoms with Crippen molar-refractivity contribution in [3.05, 3.63) is 90.3 Å². The summed E-state index contributed by atoms with van der Waals surface area (Å²) in [5.74, 6) is -0.810. The number of aromatic nitrogens is 2. The fourth-order valence-corrected chi connectivity index (χ4v) is 8.04. The van der Waals surface area contributed by atoms with E-state index in [0.29, 0.717) is 56.6 Å². The van der Waals surface area contributed by atoms with E-state index in [2.05, 4.69) is 50.8 Å². The molecule has 0 aliphatic carbocycles. The number of nitrogens with one attached hydrogen (secondary N) is 3. The third-order valence-corrected chi connectivity index (χ3v) is 11.3. The number of carbonyl (C=O) groups is 5. The van der Waals surface area contributed by atoms with E-state index in [9.17, 15) is 24.0 Å². The molecule has 2 fully saturated rings. The van der Waals surface area contributed by atoms with Crippen molar-refractivity contribution in [1.82, 2.24) is 25.1 Å². The Balaban J connectivity index is 0.734. The van der Waals surface area contributed by atoms with Crippen LogP contribution in [0.5, 0.6) is 11.5 Å². The summed E-state index contributed by atoms with van der Waals surface area (Å²) in [7, 11) is 3.25. The lowest BCUT2D eigenvalue weighted by Gasteiger charge is -2.36. The standard InChI is InChI=1S/C45H47N7O9/c1-58-37-12-8-29(25-38(37)59-2)34-27-48-42-33(34)24-30(26-47-42)28-6-9-31(10-7-28)50-16-18-51(19-17-50)40(54)14-20-60-22-23-61-21-15-46-35-5-3-4-32-41(35)45(57)52(44(32)56)36-11-13-39(53)49-43(36)55/h3-10,12,24-27,36,46H,11,13-23H2,1-2H3,(H,47,48)(H,49,53,55). The summed E-state index contributed by atoms with van der Waals surface area (Å²) >= 11 is 0. The number of benzene rings is 3. The maximum absolute atomic E-state index is 13.3. The maximum atomic E-state index is 13.3. The van der Waals surface area contributed by atoms with Gasteiger partial charge in [-0.15, -0.1) is 0 Å². The summed E-state index contributed by atoms with van der Waals surface area (Å²) in [4.78, 5) is 76.3. The highest BCUT2D eigenvalue weighted by Gasteiger charge is 2.45. The van der Waals surface area contributed by atoms with Crippen LogP contribution < -0.4 is 25.0 Å². The van der Waals surface area contributed by atoms with E-state index >= 15 is 0 Å². The average Bonchev–Trinajstić information content (AvgIpc) is 3.83. The Morgan fingerprint density at radius 3 is 2.31 bits per heavy atom. The Kier molecular flexibility index (Phi) is 12.2. The molecule has 2 saturated heterocycles. The van der Waals surface area contributed by atoms with Crippen molar-refractivity contribution in [3.8, 4) is 33.8 Å². The number of carbonyl (C=O) groups excluding carboxylic acids is 5. The summed E-state index contributed by atoms with van der Waals surface area (Å²) in [6.45, 7) is 4.31. The number of pyridine rings is 1. The number of anilines is 2. The molecule has 5 heterocycles. The molecule has 0 radical (unpaired) electrons. The third-order valence-electron chi connectivity index (χ3n) is 11.3. The number of piperidine rings is 1. The van der Waals surface area contributed by atoms with Crippen molar-refractivity contribution in [2.24, 2.45) is 0 Å². The van der Waals surface area contributed by atoms with Crippen molar-refractivity contribution < 1.29 is 42.9 Å². The molecule has 0 saturated carbocycles. The maximum Gasteiger partial charge on any atom is 0.264 e. The fraction of sp³-hybridized carbons (Fsp3) is 0.333. The molecule has 16 heteroatoms. The molecule has 3 aromatic carbocycles. The number of fused-ring (bicyclic) bond motifs is 2. The number of piperazine rings is 1. The molecule has 316 valence electrons. The monoisotopic (exact) mass is 829 g/mol. The number of methoxy groups -OCH3 is 2. The van der Waals surface area contributed by atoms with Gasteiger partial charge in [-0.1, -0.05) is 24.3 Å². The number of H-pyrrole nitrogens is 1. The number of imide groups is 2. The summed E-state index contributed by atoms with van der Waals surface area (Å²) in [6.07, 6.45) is 4.27. The number of ether oxygens (including phenoxy) is 4. The minimum absolute atomic E-state index is 0.0554. The average molecular weight is 830 g/mol. The van der Waals surface area contributed by atoms with E-state index in [4.69, 9.17) is 23.9 Å². The molecule has 0 bridgehead atoms. The van der Waals surface area contributed by atoms with Gasteiger partial charge >= 0.3 is 0 Å². The van der Waals surface area contributed by atoms with Gasteiger partial charge in [-0.25, -0.2) is 4.98 Å². The molecular weight excluding hydrogens is 783 g/mol. The minimum Gasteiger partial charge on any atom is -0.493 e. The lowest BCUT2D eigenvalue weighted by Crippen LogP contribution is -2.54. The molecule has 0 spiro atoms. The van der Waals surface area contributed by atoms with E-state index in [1.807, 2.05) is 35.5 Å². The van der Waals surface area contributed by atoms with Crippen molar-refractivity contribution in [1.29, 1.82) is 0 Å². The van der Waals surface area contributed by atoms with Gasteiger partial charge in [-0.3, -0.25) is 34.2 Å². The van der Waals surface area contributed by atoms with Crippen LogP contribution in [0.2, 0.25) is 0 Å². The van der Waals surface area contributed by atoms with E-state index in [1.165, 1.54) is 0 Å². The van der Waals surface area contributed by atoms with Gasteiger partial charge in [0.25, 0.3) is 11.8 Å². The molecule has 16 nitrogen and oxygen atoms in total. The second-order valence-corrected chi connectivity index (χ2v) is 14.9. The Labute approximate surface area is 352 Å². The third kappa shape index (κ3) is 8.63. The van der Waals surface area contributed by atoms with Gasteiger partial charge in [0.15, 0.2) is 11.5 Å². The SMILES string of the molecule is COc1ccc(-c2c[nH]c3ncc(-c4ccc(N5CCN(C(=O)CCOCCOCCNc6cccc7c6C(=O)N(C6CCC(=O)NC6=O)C7=O)CC5)cc4)cc23)cc1OC. The van der Waals surface area contributed by atoms with Gasteiger partial charge in [0.05, 0.1) is 58.2 Å². The second-order valence-electron chi connectivity index (χ2n) is 14.9. The summed E-state index contributed by atoms with van der Waals surface area (Å²) in [6, 6.07) is 20.3. The van der Waals surface area contributed by atoms with Gasteiger partial charge in [-0.05, 0) is 60.0 Å². The zero-order valence-corrected chi connectivity index (χ0v) is 34.0. The number of aromatic amines is 1. The summed E-state index contributed by atoms with van der Waals surface area (Å²) in [5, 5.41) is 6.36. The highest BCUT2D eigenvalue weighted by molar-refractivity contribution is 6.25. The van der Waals surface area contributed by atoms with E-state index in [0.717, 1.165) is 57.0 Å². The lowest BCUT2D eigenvalue weighted by atomic mass is 10.0. The van der Waals surface area contributed by atoms with Gasteiger partial charge < -0.3 is 39.0 Å². The highest BCUT2D eigenvalue weighted by atomic mass is 16.5. The van der Waals surface area contributed by atoms with Crippen LogP contribution in [-0.4, -0.2) is 129 Å². The molecule has 5 aromatic rings. The molecule has 2 aromatic heterocycles. The van der Waals surface area contributed by atoms with Crippen LogP contribution in [0.25, 0.3) is 33.3 Å². The van der Waals surface area contributed by atoms with Gasteiger partial charge in [-0.2, -0.15) is 0 Å². The number of nitrogens with zero attached hydrogens (tertiary/aromatic N) is 4. The van der Waals surface area contributed by atoms with Crippen LogP contribution in [0.1, 0.15) is 40.0 Å². The number of hydrogen-bond acceptors (Lipinski definition) is 12. The molecule has 3 aliphatic heterocycles. The number of rotatable bonds is 16. The topological polar surface area (TPSA) is 185 Å². The van der Waals surface area contributed by atoms with Crippen LogP contribution in [0, 0.1) is 0 Å². The molecule has 61 heavy (non-hydrogen) atoms. The quantitative estimate of drug-likeness (QED) is 0.0937. The molecular formula is C45H47N7O9. The smallest absolute Gasteiger partial charge is 0.264 e. The predicted octanol–water partition coefficient (Wildman–Crippen LogP) is 4.50.